The number of carbonyl (C=O) groups is 1. The molecule has 1 fully saturated rings. The number of hydrogen-bond acceptors (Lipinski definition) is 6. The van der Waals surface area contributed by atoms with Crippen LogP contribution >= 0.6 is 11.6 Å². The van der Waals surface area contributed by atoms with E-state index in [1.165, 1.54) is 0 Å². The first kappa shape index (κ1) is 20.2. The normalized spacial score (nSPS) is 17.1. The number of benzene rings is 1. The quantitative estimate of drug-likeness (QED) is 0.760. The third-order valence-electron chi connectivity index (χ3n) is 4.08. The fraction of sp³-hybridized carbons (Fsp3) is 0.450. The van der Waals surface area contributed by atoms with Gasteiger partial charge in [0.2, 0.25) is 0 Å². The fourth-order valence-corrected chi connectivity index (χ4v) is 3.13. The molecule has 1 saturated heterocycles. The number of piperidine rings is 1. The van der Waals surface area contributed by atoms with E-state index >= 15 is 0 Å². The highest BCUT2D eigenvalue weighted by molar-refractivity contribution is 6.29. The Kier molecular flexibility index (Phi) is 6.24. The maximum absolute atomic E-state index is 12.1. The Hall–Kier alpha value is -2.54. The number of aromatic nitrogens is 2. The standard InChI is InChI=1S/C20H25ClN4O3/c1-20(2,3)28-19(26)22-14-8-7-11-25(13-14)17-12-16(21)23-18(24-17)27-15-9-5-4-6-10-15/h4-6,9-10,12,14H,7-8,11,13H2,1-3H3,(H,22,26)/t14-/m0/s1. The van der Waals surface area contributed by atoms with E-state index in [1.807, 2.05) is 51.1 Å². The summed E-state index contributed by atoms with van der Waals surface area (Å²) in [7, 11) is 0. The molecule has 1 aromatic heterocycles. The van der Waals surface area contributed by atoms with E-state index < -0.39 is 11.7 Å². The zero-order valence-corrected chi connectivity index (χ0v) is 17.1. The lowest BCUT2D eigenvalue weighted by Gasteiger charge is -2.34. The molecule has 150 valence electrons. The van der Waals surface area contributed by atoms with Crippen molar-refractivity contribution in [3.05, 3.63) is 41.6 Å². The van der Waals surface area contributed by atoms with Crippen molar-refractivity contribution in [1.29, 1.82) is 0 Å². The lowest BCUT2D eigenvalue weighted by atomic mass is 10.1. The van der Waals surface area contributed by atoms with Crippen LogP contribution in [0, 0.1) is 0 Å². The van der Waals surface area contributed by atoms with Crippen LogP contribution in [0.25, 0.3) is 0 Å². The van der Waals surface area contributed by atoms with Gasteiger partial charge in [0.15, 0.2) is 0 Å². The van der Waals surface area contributed by atoms with Crippen LogP contribution in [0.15, 0.2) is 36.4 Å². The molecule has 1 aliphatic heterocycles. The first-order chi connectivity index (χ1) is 13.3. The summed E-state index contributed by atoms with van der Waals surface area (Å²) in [5, 5.41) is 3.24. The number of para-hydroxylation sites is 1. The number of ether oxygens (including phenoxy) is 2. The molecule has 7 nitrogen and oxygen atoms in total. The van der Waals surface area contributed by atoms with Gasteiger partial charge in [0.05, 0.1) is 0 Å². The molecule has 28 heavy (non-hydrogen) atoms. The summed E-state index contributed by atoms with van der Waals surface area (Å²) in [5.74, 6) is 1.31. The third kappa shape index (κ3) is 5.99. The van der Waals surface area contributed by atoms with Crippen molar-refractivity contribution in [3.63, 3.8) is 0 Å². The van der Waals surface area contributed by atoms with Crippen molar-refractivity contribution in [2.75, 3.05) is 18.0 Å². The van der Waals surface area contributed by atoms with Gasteiger partial charge in [-0.05, 0) is 45.7 Å². The van der Waals surface area contributed by atoms with Crippen LogP contribution in [0.2, 0.25) is 5.15 Å². The van der Waals surface area contributed by atoms with E-state index in [4.69, 9.17) is 21.1 Å². The van der Waals surface area contributed by atoms with Crippen LogP contribution < -0.4 is 15.0 Å². The average Bonchev–Trinajstić information content (AvgIpc) is 2.60. The monoisotopic (exact) mass is 404 g/mol. The summed E-state index contributed by atoms with van der Waals surface area (Å²) in [4.78, 5) is 22.8. The Morgan fingerprint density at radius 2 is 2.00 bits per heavy atom. The molecule has 0 aliphatic carbocycles. The molecule has 0 unspecified atom stereocenters. The molecular weight excluding hydrogens is 380 g/mol. The minimum atomic E-state index is -0.525. The van der Waals surface area contributed by atoms with Crippen LogP contribution in [0.3, 0.4) is 0 Å². The number of amides is 1. The van der Waals surface area contributed by atoms with Gasteiger partial charge in [0, 0.05) is 25.2 Å². The van der Waals surface area contributed by atoms with Crippen LogP contribution in [0.5, 0.6) is 11.8 Å². The average molecular weight is 405 g/mol. The number of rotatable bonds is 4. The van der Waals surface area contributed by atoms with Gasteiger partial charge in [0.1, 0.15) is 22.3 Å². The minimum Gasteiger partial charge on any atom is -0.444 e. The van der Waals surface area contributed by atoms with Crippen molar-refractivity contribution in [2.24, 2.45) is 0 Å². The van der Waals surface area contributed by atoms with E-state index in [1.54, 1.807) is 6.07 Å². The highest BCUT2D eigenvalue weighted by Gasteiger charge is 2.25. The molecule has 0 bridgehead atoms. The zero-order chi connectivity index (χ0) is 20.1. The molecule has 0 radical (unpaired) electrons. The molecule has 1 amide bonds. The zero-order valence-electron chi connectivity index (χ0n) is 16.3. The Morgan fingerprint density at radius 1 is 1.25 bits per heavy atom. The Labute approximate surface area is 170 Å². The predicted octanol–water partition coefficient (Wildman–Crippen LogP) is 4.42. The summed E-state index contributed by atoms with van der Waals surface area (Å²) < 4.78 is 11.1. The van der Waals surface area contributed by atoms with Gasteiger partial charge in [-0.2, -0.15) is 9.97 Å². The van der Waals surface area contributed by atoms with E-state index in [0.29, 0.717) is 23.3 Å². The van der Waals surface area contributed by atoms with E-state index in [9.17, 15) is 4.79 Å². The molecule has 0 spiro atoms. The minimum absolute atomic E-state index is 0.0316. The Bertz CT molecular complexity index is 811. The topological polar surface area (TPSA) is 76.6 Å². The Balaban J connectivity index is 1.68. The molecule has 8 heteroatoms. The maximum Gasteiger partial charge on any atom is 0.407 e. The second-order valence-electron chi connectivity index (χ2n) is 7.68. The summed E-state index contributed by atoms with van der Waals surface area (Å²) in [6, 6.07) is 11.2. The first-order valence-electron chi connectivity index (χ1n) is 9.30. The highest BCUT2D eigenvalue weighted by Crippen LogP contribution is 2.25. The molecule has 1 N–H and O–H groups in total. The molecule has 2 aromatic rings. The number of halogens is 1. The molecule has 3 rings (SSSR count). The lowest BCUT2D eigenvalue weighted by molar-refractivity contribution is 0.0500. The number of anilines is 1. The highest BCUT2D eigenvalue weighted by atomic mass is 35.5. The van der Waals surface area contributed by atoms with Crippen molar-refractivity contribution in [1.82, 2.24) is 15.3 Å². The van der Waals surface area contributed by atoms with Gasteiger partial charge in [-0.15, -0.1) is 0 Å². The second kappa shape index (κ2) is 8.65. The van der Waals surface area contributed by atoms with Gasteiger partial charge >= 0.3 is 12.1 Å². The second-order valence-corrected chi connectivity index (χ2v) is 8.07. The molecule has 0 saturated carbocycles. The maximum atomic E-state index is 12.1. The van der Waals surface area contributed by atoms with Gasteiger partial charge < -0.3 is 19.7 Å². The van der Waals surface area contributed by atoms with Crippen LogP contribution in [-0.4, -0.2) is 40.8 Å². The van der Waals surface area contributed by atoms with Gasteiger partial charge in [-0.25, -0.2) is 4.79 Å². The molecule has 2 heterocycles. The SMILES string of the molecule is CC(C)(C)OC(=O)N[C@H]1CCCN(c2cc(Cl)nc(Oc3ccccc3)n2)C1. The number of alkyl carbamates (subject to hydrolysis) is 1. The van der Waals surface area contributed by atoms with Gasteiger partial charge in [0.25, 0.3) is 0 Å². The first-order valence-corrected chi connectivity index (χ1v) is 9.68. The molecule has 1 atom stereocenters. The van der Waals surface area contributed by atoms with Gasteiger partial charge in [-0.3, -0.25) is 0 Å². The van der Waals surface area contributed by atoms with Gasteiger partial charge in [-0.1, -0.05) is 29.8 Å². The molecule has 1 aliphatic rings. The Morgan fingerprint density at radius 3 is 2.71 bits per heavy atom. The van der Waals surface area contributed by atoms with E-state index in [-0.39, 0.29) is 12.1 Å². The predicted molar refractivity (Wildman–Crippen MR) is 108 cm³/mol. The van der Waals surface area contributed by atoms with Crippen LogP contribution in [0.1, 0.15) is 33.6 Å². The van der Waals surface area contributed by atoms with Crippen molar-refractivity contribution in [3.8, 4) is 11.8 Å². The summed E-state index contributed by atoms with van der Waals surface area (Å²) in [6.07, 6.45) is 1.38. The van der Waals surface area contributed by atoms with Crippen molar-refractivity contribution in [2.45, 2.75) is 45.3 Å². The summed E-state index contributed by atoms with van der Waals surface area (Å²) in [6.45, 7) is 6.95. The largest absolute Gasteiger partial charge is 0.444 e. The number of nitrogens with one attached hydrogen (secondary N) is 1. The van der Waals surface area contributed by atoms with Crippen molar-refractivity contribution < 1.29 is 14.3 Å². The number of hydrogen-bond donors (Lipinski definition) is 1. The van der Waals surface area contributed by atoms with E-state index in [0.717, 1.165) is 19.4 Å². The smallest absolute Gasteiger partial charge is 0.407 e. The fourth-order valence-electron chi connectivity index (χ4n) is 2.96. The van der Waals surface area contributed by atoms with Crippen LogP contribution in [0.4, 0.5) is 10.6 Å². The third-order valence-corrected chi connectivity index (χ3v) is 4.27. The lowest BCUT2D eigenvalue weighted by Crippen LogP contribution is -2.49. The van der Waals surface area contributed by atoms with Crippen molar-refractivity contribution >= 4 is 23.5 Å². The molecular formula is C20H25ClN4O3. The number of nitrogens with zero attached hydrogens (tertiary/aromatic N) is 3. The molecule has 1 aromatic carbocycles. The summed E-state index contributed by atoms with van der Waals surface area (Å²) >= 11 is 6.18. The number of carbonyl (C=O) groups excluding carboxylic acids is 1. The van der Waals surface area contributed by atoms with E-state index in [2.05, 4.69) is 20.2 Å². The summed E-state index contributed by atoms with van der Waals surface area (Å²) in [5.41, 5.74) is -0.525. The van der Waals surface area contributed by atoms with Crippen LogP contribution in [-0.2, 0) is 4.74 Å².